The topological polar surface area (TPSA) is 52.7 Å². The molecule has 2 saturated carbocycles. The van der Waals surface area contributed by atoms with Gasteiger partial charge in [-0.3, -0.25) is 14.5 Å². The zero-order valence-corrected chi connectivity index (χ0v) is 17.8. The van der Waals surface area contributed by atoms with Crippen LogP contribution in [0.2, 0.25) is 0 Å². The molecule has 164 valence electrons. The van der Waals surface area contributed by atoms with Gasteiger partial charge in [-0.05, 0) is 49.3 Å². The van der Waals surface area contributed by atoms with Gasteiger partial charge in [-0.1, -0.05) is 37.8 Å². The highest BCUT2D eigenvalue weighted by atomic mass is 19.1. The Balaban J connectivity index is 1.35. The molecule has 0 aromatic heterocycles. The zero-order chi connectivity index (χ0) is 20.9. The van der Waals surface area contributed by atoms with Crippen molar-refractivity contribution in [1.29, 1.82) is 0 Å². The first-order chi connectivity index (χ1) is 14.6. The van der Waals surface area contributed by atoms with Crippen molar-refractivity contribution in [2.45, 2.75) is 64.0 Å². The highest BCUT2D eigenvalue weighted by Crippen LogP contribution is 2.32. The highest BCUT2D eigenvalue weighted by Gasteiger charge is 2.38. The van der Waals surface area contributed by atoms with Crippen molar-refractivity contribution in [2.75, 3.05) is 26.2 Å². The maximum atomic E-state index is 13.2. The van der Waals surface area contributed by atoms with Gasteiger partial charge in [-0.15, -0.1) is 0 Å². The molecule has 30 heavy (non-hydrogen) atoms. The van der Waals surface area contributed by atoms with Gasteiger partial charge in [0.2, 0.25) is 11.8 Å². The molecule has 0 bridgehead atoms. The van der Waals surface area contributed by atoms with E-state index in [1.807, 2.05) is 4.90 Å². The lowest BCUT2D eigenvalue weighted by Gasteiger charge is -2.41. The summed E-state index contributed by atoms with van der Waals surface area (Å²) < 4.78 is 13.1. The molecular weight excluding hydrogens is 381 g/mol. The molecule has 1 N–H and O–H groups in total. The number of halogens is 1. The Kier molecular flexibility index (Phi) is 7.03. The smallest absolute Gasteiger partial charge is 0.237 e. The zero-order valence-electron chi connectivity index (χ0n) is 17.8. The summed E-state index contributed by atoms with van der Waals surface area (Å²) in [5, 5.41) is 3.09. The Hall–Kier alpha value is -1.95. The minimum atomic E-state index is -0.265. The van der Waals surface area contributed by atoms with Crippen molar-refractivity contribution >= 4 is 11.8 Å². The van der Waals surface area contributed by atoms with Gasteiger partial charge in [0.05, 0.1) is 6.04 Å². The third-order valence-electron chi connectivity index (χ3n) is 7.22. The monoisotopic (exact) mass is 415 g/mol. The molecule has 1 heterocycles. The van der Waals surface area contributed by atoms with Gasteiger partial charge in [0, 0.05) is 38.6 Å². The van der Waals surface area contributed by atoms with Crippen LogP contribution < -0.4 is 5.32 Å². The summed E-state index contributed by atoms with van der Waals surface area (Å²) in [4.78, 5) is 30.3. The van der Waals surface area contributed by atoms with Crippen molar-refractivity contribution < 1.29 is 14.0 Å². The normalized spacial score (nSPS) is 22.4. The summed E-state index contributed by atoms with van der Waals surface area (Å²) in [7, 11) is 0. The van der Waals surface area contributed by atoms with Crippen LogP contribution in [0.4, 0.5) is 4.39 Å². The third-order valence-corrected chi connectivity index (χ3v) is 7.22. The molecule has 0 radical (unpaired) electrons. The quantitative estimate of drug-likeness (QED) is 0.775. The number of amides is 2. The predicted octanol–water partition coefficient (Wildman–Crippen LogP) is 3.34. The van der Waals surface area contributed by atoms with E-state index >= 15 is 0 Å². The SMILES string of the molecule is O=C(NCc1ccc(F)cc1)[C@@H](C1CCCC1)N1CCN(C(=O)C2CCCC2)CC1. The van der Waals surface area contributed by atoms with Gasteiger partial charge in [-0.25, -0.2) is 4.39 Å². The van der Waals surface area contributed by atoms with Crippen molar-refractivity contribution in [3.8, 4) is 0 Å². The van der Waals surface area contributed by atoms with Crippen LogP contribution in [-0.4, -0.2) is 53.8 Å². The highest BCUT2D eigenvalue weighted by molar-refractivity contribution is 5.82. The minimum absolute atomic E-state index is 0.0711. The van der Waals surface area contributed by atoms with Crippen molar-refractivity contribution in [3.05, 3.63) is 35.6 Å². The number of piperazine rings is 1. The molecule has 5 nitrogen and oxygen atoms in total. The molecule has 1 atom stereocenters. The maximum Gasteiger partial charge on any atom is 0.237 e. The van der Waals surface area contributed by atoms with E-state index in [9.17, 15) is 14.0 Å². The molecule has 0 unspecified atom stereocenters. The second-order valence-electron chi connectivity index (χ2n) is 9.18. The molecule has 1 saturated heterocycles. The first-order valence-electron chi connectivity index (χ1n) is 11.7. The number of hydrogen-bond acceptors (Lipinski definition) is 3. The van der Waals surface area contributed by atoms with Crippen molar-refractivity contribution in [3.63, 3.8) is 0 Å². The van der Waals surface area contributed by atoms with E-state index in [4.69, 9.17) is 0 Å². The fraction of sp³-hybridized carbons (Fsp3) is 0.667. The first kappa shape index (κ1) is 21.3. The first-order valence-corrected chi connectivity index (χ1v) is 11.7. The molecule has 2 aliphatic carbocycles. The molecule has 1 aliphatic heterocycles. The Bertz CT molecular complexity index is 718. The summed E-state index contributed by atoms with van der Waals surface area (Å²) in [5.74, 6) is 0.738. The van der Waals surface area contributed by atoms with E-state index in [2.05, 4.69) is 10.2 Å². The Morgan fingerprint density at radius 3 is 2.17 bits per heavy atom. The number of rotatable bonds is 6. The van der Waals surface area contributed by atoms with Crippen LogP contribution in [0.5, 0.6) is 0 Å². The van der Waals surface area contributed by atoms with Crippen LogP contribution in [0.25, 0.3) is 0 Å². The summed E-state index contributed by atoms with van der Waals surface area (Å²) in [5.41, 5.74) is 0.905. The summed E-state index contributed by atoms with van der Waals surface area (Å²) in [6.45, 7) is 3.41. The lowest BCUT2D eigenvalue weighted by Crippen LogP contribution is -2.58. The molecule has 1 aromatic carbocycles. The second-order valence-corrected chi connectivity index (χ2v) is 9.18. The van der Waals surface area contributed by atoms with Gasteiger partial charge < -0.3 is 10.2 Å². The molecule has 0 spiro atoms. The minimum Gasteiger partial charge on any atom is -0.351 e. The lowest BCUT2D eigenvalue weighted by atomic mass is 9.94. The van der Waals surface area contributed by atoms with Crippen LogP contribution in [0.1, 0.15) is 56.9 Å². The van der Waals surface area contributed by atoms with E-state index < -0.39 is 0 Å². The van der Waals surface area contributed by atoms with Gasteiger partial charge >= 0.3 is 0 Å². The average molecular weight is 416 g/mol. The fourth-order valence-electron chi connectivity index (χ4n) is 5.50. The fourth-order valence-corrected chi connectivity index (χ4v) is 5.50. The van der Waals surface area contributed by atoms with Crippen LogP contribution in [-0.2, 0) is 16.1 Å². The van der Waals surface area contributed by atoms with Crippen LogP contribution in [0, 0.1) is 17.7 Å². The maximum absolute atomic E-state index is 13.2. The Labute approximate surface area is 179 Å². The average Bonchev–Trinajstić information content (AvgIpc) is 3.48. The van der Waals surface area contributed by atoms with Crippen LogP contribution in [0.15, 0.2) is 24.3 Å². The van der Waals surface area contributed by atoms with Gasteiger partial charge in [-0.2, -0.15) is 0 Å². The van der Waals surface area contributed by atoms with Gasteiger partial charge in [0.15, 0.2) is 0 Å². The largest absolute Gasteiger partial charge is 0.351 e. The molecule has 2 amide bonds. The number of carbonyl (C=O) groups excluding carboxylic acids is 2. The molecule has 1 aromatic rings. The number of carbonyl (C=O) groups is 2. The van der Waals surface area contributed by atoms with Crippen molar-refractivity contribution in [1.82, 2.24) is 15.1 Å². The Morgan fingerprint density at radius 2 is 1.53 bits per heavy atom. The molecule has 6 heteroatoms. The lowest BCUT2D eigenvalue weighted by molar-refractivity contribution is -0.138. The Morgan fingerprint density at radius 1 is 0.933 bits per heavy atom. The molecule has 4 rings (SSSR count). The number of benzene rings is 1. The summed E-state index contributed by atoms with van der Waals surface area (Å²) in [6.07, 6.45) is 8.98. The van der Waals surface area contributed by atoms with E-state index in [0.717, 1.165) is 57.4 Å². The van der Waals surface area contributed by atoms with Gasteiger partial charge in [0.25, 0.3) is 0 Å². The summed E-state index contributed by atoms with van der Waals surface area (Å²) >= 11 is 0. The van der Waals surface area contributed by atoms with E-state index in [1.165, 1.54) is 37.8 Å². The second kappa shape index (κ2) is 9.90. The number of hydrogen-bond donors (Lipinski definition) is 1. The third kappa shape index (κ3) is 5.02. The van der Waals surface area contributed by atoms with Gasteiger partial charge in [0.1, 0.15) is 5.82 Å². The summed E-state index contributed by atoms with van der Waals surface area (Å²) in [6, 6.07) is 6.16. The standard InChI is InChI=1S/C24H34FN3O2/c25-21-11-9-18(10-12-21)17-26-23(29)22(19-5-1-2-6-19)27-13-15-28(16-14-27)24(30)20-7-3-4-8-20/h9-12,19-20,22H,1-8,13-17H2,(H,26,29)/t22-/m1/s1. The number of nitrogens with zero attached hydrogens (tertiary/aromatic N) is 2. The molecule has 3 aliphatic rings. The van der Waals surface area contributed by atoms with Crippen LogP contribution >= 0.6 is 0 Å². The van der Waals surface area contributed by atoms with E-state index in [-0.39, 0.29) is 23.7 Å². The molecular formula is C24H34FN3O2. The molecule has 3 fully saturated rings. The predicted molar refractivity (Wildman–Crippen MR) is 114 cm³/mol. The van der Waals surface area contributed by atoms with Crippen LogP contribution in [0.3, 0.4) is 0 Å². The van der Waals surface area contributed by atoms with E-state index in [1.54, 1.807) is 12.1 Å². The van der Waals surface area contributed by atoms with E-state index in [0.29, 0.717) is 18.4 Å². The number of nitrogens with one attached hydrogen (secondary N) is 1. The van der Waals surface area contributed by atoms with Crippen molar-refractivity contribution in [2.24, 2.45) is 11.8 Å².